The van der Waals surface area contributed by atoms with Gasteiger partial charge < -0.3 is 14.6 Å². The van der Waals surface area contributed by atoms with Gasteiger partial charge in [0.15, 0.2) is 6.61 Å². The van der Waals surface area contributed by atoms with Crippen LogP contribution < -0.4 is 10.2 Å². The standard InChI is InChI=1S/C21H25N3O4/c1-6-23-13(2)11-15(14(23)3)19(26)28-12-18(25)24-17-10-8-7-9-16(17)22-20(27)21(24,4)5/h7-11H,6,12H2,1-5H3,(H,22,27). The van der Waals surface area contributed by atoms with E-state index in [4.69, 9.17) is 4.74 Å². The summed E-state index contributed by atoms with van der Waals surface area (Å²) in [7, 11) is 0. The first-order valence-electron chi connectivity index (χ1n) is 9.25. The van der Waals surface area contributed by atoms with Crippen LogP contribution in [0, 0.1) is 13.8 Å². The van der Waals surface area contributed by atoms with Gasteiger partial charge in [-0.2, -0.15) is 0 Å². The molecule has 0 bridgehead atoms. The number of nitrogens with zero attached hydrogens (tertiary/aromatic N) is 2. The molecule has 1 aromatic heterocycles. The van der Waals surface area contributed by atoms with Gasteiger partial charge in [-0.3, -0.25) is 14.5 Å². The van der Waals surface area contributed by atoms with Crippen LogP contribution in [0.3, 0.4) is 0 Å². The molecule has 0 saturated carbocycles. The summed E-state index contributed by atoms with van der Waals surface area (Å²) >= 11 is 0. The number of ether oxygens (including phenoxy) is 1. The predicted molar refractivity (Wildman–Crippen MR) is 106 cm³/mol. The second-order valence-electron chi connectivity index (χ2n) is 7.36. The van der Waals surface area contributed by atoms with Gasteiger partial charge in [-0.15, -0.1) is 0 Å². The van der Waals surface area contributed by atoms with Crippen molar-refractivity contribution in [3.05, 3.63) is 47.3 Å². The number of rotatable bonds is 4. The summed E-state index contributed by atoms with van der Waals surface area (Å²) in [5, 5.41) is 2.81. The minimum atomic E-state index is -1.10. The zero-order chi connectivity index (χ0) is 20.6. The van der Waals surface area contributed by atoms with Crippen LogP contribution in [0.4, 0.5) is 11.4 Å². The third kappa shape index (κ3) is 3.17. The Balaban J connectivity index is 1.81. The Hall–Kier alpha value is -3.09. The van der Waals surface area contributed by atoms with Gasteiger partial charge in [-0.1, -0.05) is 12.1 Å². The molecule has 0 spiro atoms. The first-order valence-corrected chi connectivity index (χ1v) is 9.25. The average Bonchev–Trinajstić information content (AvgIpc) is 2.94. The van der Waals surface area contributed by atoms with Gasteiger partial charge in [-0.25, -0.2) is 4.79 Å². The fraction of sp³-hybridized carbons (Fsp3) is 0.381. The zero-order valence-electron chi connectivity index (χ0n) is 16.8. The van der Waals surface area contributed by atoms with Gasteiger partial charge >= 0.3 is 5.97 Å². The Bertz CT molecular complexity index is 959. The Morgan fingerprint density at radius 3 is 2.50 bits per heavy atom. The van der Waals surface area contributed by atoms with E-state index in [1.807, 2.05) is 25.3 Å². The third-order valence-corrected chi connectivity index (χ3v) is 5.19. The summed E-state index contributed by atoms with van der Waals surface area (Å²) in [6.45, 7) is 9.39. The van der Waals surface area contributed by atoms with Crippen LogP contribution in [-0.4, -0.2) is 34.5 Å². The van der Waals surface area contributed by atoms with Crippen LogP contribution in [0.15, 0.2) is 30.3 Å². The van der Waals surface area contributed by atoms with E-state index < -0.39 is 24.0 Å². The molecule has 2 aromatic rings. The number of para-hydroxylation sites is 2. The minimum Gasteiger partial charge on any atom is -0.452 e. The maximum atomic E-state index is 12.9. The van der Waals surface area contributed by atoms with E-state index in [-0.39, 0.29) is 5.91 Å². The summed E-state index contributed by atoms with van der Waals surface area (Å²) in [6.07, 6.45) is 0. The van der Waals surface area contributed by atoms with Crippen molar-refractivity contribution in [2.75, 3.05) is 16.8 Å². The smallest absolute Gasteiger partial charge is 0.340 e. The highest BCUT2D eigenvalue weighted by Gasteiger charge is 2.43. The SMILES string of the molecule is CCn1c(C)cc(C(=O)OCC(=O)N2c3ccccc3NC(=O)C2(C)C)c1C. The molecule has 3 rings (SSSR count). The molecule has 0 unspecified atom stereocenters. The summed E-state index contributed by atoms with van der Waals surface area (Å²) in [6, 6.07) is 8.82. The lowest BCUT2D eigenvalue weighted by atomic mass is 9.96. The molecule has 0 fully saturated rings. The Morgan fingerprint density at radius 2 is 1.86 bits per heavy atom. The molecule has 7 heteroatoms. The van der Waals surface area contributed by atoms with E-state index in [0.29, 0.717) is 16.9 Å². The molecule has 1 aliphatic heterocycles. The van der Waals surface area contributed by atoms with Gasteiger partial charge in [0.05, 0.1) is 16.9 Å². The Labute approximate surface area is 164 Å². The maximum absolute atomic E-state index is 12.9. The van der Waals surface area contributed by atoms with Crippen molar-refractivity contribution >= 4 is 29.2 Å². The highest BCUT2D eigenvalue weighted by atomic mass is 16.5. The quantitative estimate of drug-likeness (QED) is 0.823. The molecule has 0 radical (unpaired) electrons. The summed E-state index contributed by atoms with van der Waals surface area (Å²) < 4.78 is 7.31. The molecule has 7 nitrogen and oxygen atoms in total. The molecule has 1 aromatic carbocycles. The van der Waals surface area contributed by atoms with E-state index in [9.17, 15) is 14.4 Å². The summed E-state index contributed by atoms with van der Waals surface area (Å²) in [4.78, 5) is 39.3. The van der Waals surface area contributed by atoms with Crippen LogP contribution in [-0.2, 0) is 20.9 Å². The molecule has 0 aliphatic carbocycles. The molecule has 0 atom stereocenters. The molecule has 1 aliphatic rings. The van der Waals surface area contributed by atoms with Crippen molar-refractivity contribution in [3.8, 4) is 0 Å². The van der Waals surface area contributed by atoms with Crippen molar-refractivity contribution in [2.24, 2.45) is 0 Å². The van der Waals surface area contributed by atoms with Crippen LogP contribution in [0.5, 0.6) is 0 Å². The average molecular weight is 383 g/mol. The second kappa shape index (κ2) is 7.14. The normalized spacial score (nSPS) is 15.0. The number of fused-ring (bicyclic) bond motifs is 1. The van der Waals surface area contributed by atoms with Crippen molar-refractivity contribution in [3.63, 3.8) is 0 Å². The van der Waals surface area contributed by atoms with E-state index in [1.54, 1.807) is 44.2 Å². The Kier molecular flexibility index (Phi) is 5.02. The first kappa shape index (κ1) is 19.7. The van der Waals surface area contributed by atoms with Crippen molar-refractivity contribution < 1.29 is 19.1 Å². The molecule has 1 N–H and O–H groups in total. The molecule has 148 valence electrons. The number of esters is 1. The summed E-state index contributed by atoms with van der Waals surface area (Å²) in [5.74, 6) is -1.30. The van der Waals surface area contributed by atoms with Crippen LogP contribution in [0.1, 0.15) is 42.5 Å². The lowest BCUT2D eigenvalue weighted by Crippen LogP contribution is -2.59. The number of carbonyl (C=O) groups is 3. The van der Waals surface area contributed by atoms with E-state index in [1.165, 1.54) is 4.90 Å². The number of anilines is 2. The second-order valence-corrected chi connectivity index (χ2v) is 7.36. The fourth-order valence-electron chi connectivity index (χ4n) is 3.66. The van der Waals surface area contributed by atoms with Crippen molar-refractivity contribution in [1.82, 2.24) is 4.57 Å². The third-order valence-electron chi connectivity index (χ3n) is 5.19. The van der Waals surface area contributed by atoms with Gasteiger partial charge in [0, 0.05) is 17.9 Å². The summed E-state index contributed by atoms with van der Waals surface area (Å²) in [5.41, 5.74) is 2.25. The van der Waals surface area contributed by atoms with Crippen LogP contribution in [0.25, 0.3) is 0 Å². The van der Waals surface area contributed by atoms with E-state index >= 15 is 0 Å². The molecular weight excluding hydrogens is 358 g/mol. The topological polar surface area (TPSA) is 80.6 Å². The number of hydrogen-bond acceptors (Lipinski definition) is 4. The zero-order valence-corrected chi connectivity index (χ0v) is 16.8. The molecule has 28 heavy (non-hydrogen) atoms. The number of aromatic nitrogens is 1. The van der Waals surface area contributed by atoms with Crippen LogP contribution >= 0.6 is 0 Å². The number of hydrogen-bond donors (Lipinski definition) is 1. The highest BCUT2D eigenvalue weighted by molar-refractivity contribution is 6.14. The fourth-order valence-corrected chi connectivity index (χ4v) is 3.66. The van der Waals surface area contributed by atoms with Gasteiger partial charge in [-0.05, 0) is 52.8 Å². The number of benzene rings is 1. The first-order chi connectivity index (χ1) is 13.2. The molecule has 2 amide bonds. The highest BCUT2D eigenvalue weighted by Crippen LogP contribution is 2.36. The molecular formula is C21H25N3O4. The van der Waals surface area contributed by atoms with Gasteiger partial charge in [0.25, 0.3) is 5.91 Å². The number of carbonyl (C=O) groups excluding carboxylic acids is 3. The molecule has 0 saturated heterocycles. The number of nitrogens with one attached hydrogen (secondary N) is 1. The molecule has 2 heterocycles. The van der Waals surface area contributed by atoms with Crippen LogP contribution in [0.2, 0.25) is 0 Å². The van der Waals surface area contributed by atoms with E-state index in [2.05, 4.69) is 5.32 Å². The van der Waals surface area contributed by atoms with Gasteiger partial charge in [0.1, 0.15) is 5.54 Å². The van der Waals surface area contributed by atoms with E-state index in [0.717, 1.165) is 17.9 Å². The monoisotopic (exact) mass is 383 g/mol. The number of aryl methyl sites for hydroxylation is 1. The van der Waals surface area contributed by atoms with Crippen molar-refractivity contribution in [1.29, 1.82) is 0 Å². The Morgan fingerprint density at radius 1 is 1.18 bits per heavy atom. The number of amides is 2. The largest absolute Gasteiger partial charge is 0.452 e. The van der Waals surface area contributed by atoms with Gasteiger partial charge in [0.2, 0.25) is 5.91 Å². The van der Waals surface area contributed by atoms with Crippen molar-refractivity contribution in [2.45, 2.75) is 46.7 Å². The lowest BCUT2D eigenvalue weighted by molar-refractivity contribution is -0.128. The maximum Gasteiger partial charge on any atom is 0.340 e. The lowest BCUT2D eigenvalue weighted by Gasteiger charge is -2.41. The minimum absolute atomic E-state index is 0.294. The predicted octanol–water partition coefficient (Wildman–Crippen LogP) is 3.05.